The van der Waals surface area contributed by atoms with Crippen LogP contribution >= 0.6 is 11.6 Å². The molecule has 0 amide bonds. The Hall–Kier alpha value is -1.06. The van der Waals surface area contributed by atoms with Crippen LogP contribution in [-0.4, -0.2) is 28.6 Å². The predicted octanol–water partition coefficient (Wildman–Crippen LogP) is 3.34. The molecule has 1 heterocycles. The lowest BCUT2D eigenvalue weighted by Crippen LogP contribution is -2.33. The van der Waals surface area contributed by atoms with Crippen molar-refractivity contribution < 1.29 is 9.90 Å². The molecule has 18 heavy (non-hydrogen) atoms. The molecular formula is C14H18ClNO2. The van der Waals surface area contributed by atoms with Crippen molar-refractivity contribution in [2.45, 2.75) is 38.3 Å². The molecule has 2 rings (SSSR count). The number of carboxylic acid groups (broad SMARTS) is 1. The first-order valence-electron chi connectivity index (χ1n) is 6.31. The van der Waals surface area contributed by atoms with E-state index in [9.17, 15) is 4.79 Å². The van der Waals surface area contributed by atoms with Crippen molar-refractivity contribution in [3.8, 4) is 0 Å². The monoisotopic (exact) mass is 267 g/mol. The van der Waals surface area contributed by atoms with Crippen LogP contribution < -0.4 is 0 Å². The molecule has 0 radical (unpaired) electrons. The molecule has 0 bridgehead atoms. The topological polar surface area (TPSA) is 40.5 Å². The van der Waals surface area contributed by atoms with Gasteiger partial charge in [0.05, 0.1) is 6.42 Å². The fraction of sp³-hybridized carbons (Fsp3) is 0.500. The van der Waals surface area contributed by atoms with Crippen LogP contribution in [-0.2, 0) is 4.79 Å². The van der Waals surface area contributed by atoms with E-state index < -0.39 is 5.97 Å². The molecule has 1 aromatic carbocycles. The van der Waals surface area contributed by atoms with E-state index in [1.807, 2.05) is 24.3 Å². The third-order valence-electron chi connectivity index (χ3n) is 3.68. The van der Waals surface area contributed by atoms with Crippen molar-refractivity contribution in [3.05, 3.63) is 34.9 Å². The van der Waals surface area contributed by atoms with Gasteiger partial charge in [0.25, 0.3) is 0 Å². The SMILES string of the molecule is CC(c1ccc(Cl)cc1)N1CCCC1CC(=O)O. The predicted molar refractivity (Wildman–Crippen MR) is 71.8 cm³/mol. The summed E-state index contributed by atoms with van der Waals surface area (Å²) >= 11 is 5.88. The van der Waals surface area contributed by atoms with Crippen LogP contribution in [0.25, 0.3) is 0 Å². The molecule has 1 aliphatic heterocycles. The number of hydrogen-bond donors (Lipinski definition) is 1. The van der Waals surface area contributed by atoms with Crippen LogP contribution in [0.15, 0.2) is 24.3 Å². The van der Waals surface area contributed by atoms with Crippen LogP contribution in [0, 0.1) is 0 Å². The van der Waals surface area contributed by atoms with Gasteiger partial charge in [0.1, 0.15) is 0 Å². The van der Waals surface area contributed by atoms with E-state index in [0.29, 0.717) is 0 Å². The van der Waals surface area contributed by atoms with Crippen LogP contribution in [0.4, 0.5) is 0 Å². The summed E-state index contributed by atoms with van der Waals surface area (Å²) in [7, 11) is 0. The van der Waals surface area contributed by atoms with Crippen LogP contribution in [0.1, 0.15) is 37.8 Å². The van der Waals surface area contributed by atoms with E-state index in [4.69, 9.17) is 16.7 Å². The molecule has 2 atom stereocenters. The average molecular weight is 268 g/mol. The zero-order valence-electron chi connectivity index (χ0n) is 10.5. The number of carboxylic acids is 1. The van der Waals surface area contributed by atoms with Gasteiger partial charge in [-0.05, 0) is 44.0 Å². The molecule has 0 saturated carbocycles. The number of hydrogen-bond acceptors (Lipinski definition) is 2. The molecule has 3 nitrogen and oxygen atoms in total. The van der Waals surface area contributed by atoms with Crippen molar-refractivity contribution in [2.24, 2.45) is 0 Å². The zero-order valence-corrected chi connectivity index (χ0v) is 11.2. The van der Waals surface area contributed by atoms with E-state index in [0.717, 1.165) is 24.4 Å². The first kappa shape index (κ1) is 13.4. The summed E-state index contributed by atoms with van der Waals surface area (Å²) in [6.45, 7) is 3.10. The zero-order chi connectivity index (χ0) is 13.1. The first-order valence-corrected chi connectivity index (χ1v) is 6.68. The van der Waals surface area contributed by atoms with Gasteiger partial charge in [0.2, 0.25) is 0 Å². The highest BCUT2D eigenvalue weighted by atomic mass is 35.5. The Balaban J connectivity index is 2.09. The molecule has 1 aliphatic rings. The van der Waals surface area contributed by atoms with Gasteiger partial charge in [-0.25, -0.2) is 0 Å². The molecule has 4 heteroatoms. The summed E-state index contributed by atoms with van der Waals surface area (Å²) in [6, 6.07) is 8.21. The largest absolute Gasteiger partial charge is 0.481 e. The maximum atomic E-state index is 10.9. The second kappa shape index (κ2) is 5.72. The van der Waals surface area contributed by atoms with E-state index in [1.165, 1.54) is 5.56 Å². The van der Waals surface area contributed by atoms with Crippen molar-refractivity contribution in [2.75, 3.05) is 6.54 Å². The van der Waals surface area contributed by atoms with Gasteiger partial charge < -0.3 is 5.11 Å². The third kappa shape index (κ3) is 3.03. The van der Waals surface area contributed by atoms with Gasteiger partial charge in [-0.15, -0.1) is 0 Å². The number of aliphatic carboxylic acids is 1. The molecular weight excluding hydrogens is 250 g/mol. The fourth-order valence-electron chi connectivity index (χ4n) is 2.72. The molecule has 2 unspecified atom stereocenters. The number of likely N-dealkylation sites (tertiary alicyclic amines) is 1. The van der Waals surface area contributed by atoms with Crippen molar-refractivity contribution >= 4 is 17.6 Å². The Bertz CT molecular complexity index is 418. The number of carbonyl (C=O) groups is 1. The summed E-state index contributed by atoms with van der Waals surface area (Å²) in [6.07, 6.45) is 2.29. The summed E-state index contributed by atoms with van der Waals surface area (Å²) < 4.78 is 0. The minimum absolute atomic E-state index is 0.160. The molecule has 0 spiro atoms. The molecule has 0 aliphatic carbocycles. The lowest BCUT2D eigenvalue weighted by Gasteiger charge is -2.30. The number of halogens is 1. The Morgan fingerprint density at radius 1 is 1.50 bits per heavy atom. The highest BCUT2D eigenvalue weighted by Crippen LogP contribution is 2.31. The second-order valence-electron chi connectivity index (χ2n) is 4.86. The van der Waals surface area contributed by atoms with Gasteiger partial charge in [-0.3, -0.25) is 9.69 Å². The minimum Gasteiger partial charge on any atom is -0.481 e. The highest BCUT2D eigenvalue weighted by Gasteiger charge is 2.30. The summed E-state index contributed by atoms with van der Waals surface area (Å²) in [5.41, 5.74) is 1.19. The van der Waals surface area contributed by atoms with Crippen molar-refractivity contribution in [1.82, 2.24) is 4.90 Å². The lowest BCUT2D eigenvalue weighted by atomic mass is 10.0. The second-order valence-corrected chi connectivity index (χ2v) is 5.30. The molecule has 1 aromatic rings. The summed E-state index contributed by atoms with van der Waals surface area (Å²) in [5, 5.41) is 9.67. The van der Waals surface area contributed by atoms with Crippen LogP contribution in [0.2, 0.25) is 5.02 Å². The summed E-state index contributed by atoms with van der Waals surface area (Å²) in [4.78, 5) is 13.1. The highest BCUT2D eigenvalue weighted by molar-refractivity contribution is 6.30. The smallest absolute Gasteiger partial charge is 0.304 e. The Morgan fingerprint density at radius 2 is 2.17 bits per heavy atom. The maximum absolute atomic E-state index is 10.9. The normalized spacial score (nSPS) is 22.0. The van der Waals surface area contributed by atoms with Gasteiger partial charge in [0, 0.05) is 17.1 Å². The van der Waals surface area contributed by atoms with E-state index >= 15 is 0 Å². The summed E-state index contributed by atoms with van der Waals surface area (Å²) in [5.74, 6) is -0.713. The Labute approximate surface area is 112 Å². The molecule has 98 valence electrons. The standard InChI is InChI=1S/C14H18ClNO2/c1-10(11-4-6-12(15)7-5-11)16-8-2-3-13(16)9-14(17)18/h4-7,10,13H,2-3,8-9H2,1H3,(H,17,18). The average Bonchev–Trinajstić information content (AvgIpc) is 2.76. The molecule has 0 aromatic heterocycles. The van der Waals surface area contributed by atoms with Gasteiger partial charge in [-0.1, -0.05) is 23.7 Å². The molecule has 1 N–H and O–H groups in total. The Morgan fingerprint density at radius 3 is 2.78 bits per heavy atom. The van der Waals surface area contributed by atoms with Crippen LogP contribution in [0.5, 0.6) is 0 Å². The van der Waals surface area contributed by atoms with Gasteiger partial charge >= 0.3 is 5.97 Å². The quantitative estimate of drug-likeness (QED) is 0.910. The van der Waals surface area contributed by atoms with Gasteiger partial charge in [-0.2, -0.15) is 0 Å². The number of benzene rings is 1. The van der Waals surface area contributed by atoms with E-state index in [2.05, 4.69) is 11.8 Å². The van der Waals surface area contributed by atoms with Crippen molar-refractivity contribution in [1.29, 1.82) is 0 Å². The minimum atomic E-state index is -0.713. The fourth-order valence-corrected chi connectivity index (χ4v) is 2.85. The molecule has 1 fully saturated rings. The van der Waals surface area contributed by atoms with Crippen LogP contribution in [0.3, 0.4) is 0 Å². The van der Waals surface area contributed by atoms with Crippen molar-refractivity contribution in [3.63, 3.8) is 0 Å². The Kier molecular flexibility index (Phi) is 4.25. The molecule has 1 saturated heterocycles. The third-order valence-corrected chi connectivity index (χ3v) is 3.93. The first-order chi connectivity index (χ1) is 8.58. The van der Waals surface area contributed by atoms with E-state index in [-0.39, 0.29) is 18.5 Å². The lowest BCUT2D eigenvalue weighted by molar-refractivity contribution is -0.138. The maximum Gasteiger partial charge on any atom is 0.304 e. The van der Waals surface area contributed by atoms with E-state index in [1.54, 1.807) is 0 Å². The number of nitrogens with zero attached hydrogens (tertiary/aromatic N) is 1. The van der Waals surface area contributed by atoms with Gasteiger partial charge in [0.15, 0.2) is 0 Å². The number of rotatable bonds is 4.